The number of nitrogens with two attached hydrogens (primary N) is 2. The molecule has 0 aliphatic heterocycles. The van der Waals surface area contributed by atoms with Crippen molar-refractivity contribution in [2.75, 3.05) is 0 Å². The normalized spacial score (nSPS) is 14.3. The molecule has 0 aromatic heterocycles. The van der Waals surface area contributed by atoms with E-state index in [1.165, 1.54) is 6.92 Å². The van der Waals surface area contributed by atoms with E-state index in [9.17, 15) is 19.2 Å². The zero-order valence-corrected chi connectivity index (χ0v) is 11.1. The Labute approximate surface area is 117 Å². The van der Waals surface area contributed by atoms with E-state index in [1.54, 1.807) is 0 Å². The molecule has 8 nitrogen and oxygen atoms in total. The summed E-state index contributed by atoms with van der Waals surface area (Å²) in [6.07, 6.45) is 0.738. The molecule has 0 bridgehead atoms. The Kier molecular flexibility index (Phi) is 7.23. The number of carbonyl (C=O) groups excluding carboxylic acids is 4. The van der Waals surface area contributed by atoms with Crippen LogP contribution in [0.3, 0.4) is 0 Å². The second kappa shape index (κ2) is 7.85. The van der Waals surface area contributed by atoms with Crippen LogP contribution >= 0.6 is 23.7 Å². The molecule has 0 aromatic rings. The monoisotopic (exact) mass is 312 g/mol. The van der Waals surface area contributed by atoms with Gasteiger partial charge in [-0.05, 0) is 18.6 Å². The van der Waals surface area contributed by atoms with Gasteiger partial charge in [-0.15, -0.1) is 0 Å². The zero-order chi connectivity index (χ0) is 15.2. The summed E-state index contributed by atoms with van der Waals surface area (Å²) in [5, 5.41) is 0. The number of halogens is 2. The summed E-state index contributed by atoms with van der Waals surface area (Å²) in [5.74, 6) is -4.22. The number of carbonyl (C=O) groups is 4. The third kappa shape index (κ3) is 4.95. The molecule has 0 rings (SSSR count). The van der Waals surface area contributed by atoms with Gasteiger partial charge in [0.05, 0.1) is 0 Å². The minimum absolute atomic E-state index is 0.211. The molecule has 2 atom stereocenters. The number of ketones is 2. The number of hydrogen-bond donors (Lipinski definition) is 2. The number of hydrogen-bond acceptors (Lipinski definition) is 8. The quantitative estimate of drug-likeness (QED) is 0.476. The lowest BCUT2D eigenvalue weighted by atomic mass is 10.0. The molecule has 0 spiro atoms. The van der Waals surface area contributed by atoms with Gasteiger partial charge in [-0.3, -0.25) is 9.59 Å². The minimum atomic E-state index is -1.68. The highest BCUT2D eigenvalue weighted by Crippen LogP contribution is 2.03. The van der Waals surface area contributed by atoms with E-state index in [-0.39, 0.29) is 5.57 Å². The van der Waals surface area contributed by atoms with Crippen molar-refractivity contribution < 1.29 is 27.8 Å². The summed E-state index contributed by atoms with van der Waals surface area (Å²) in [6, 6.07) is -3.37. The van der Waals surface area contributed by atoms with Gasteiger partial charge in [-0.2, -0.15) is 0 Å². The average Bonchev–Trinajstić information content (AvgIpc) is 2.42. The van der Waals surface area contributed by atoms with E-state index >= 15 is 0 Å². The fourth-order valence-corrected chi connectivity index (χ4v) is 1.13. The van der Waals surface area contributed by atoms with E-state index in [4.69, 9.17) is 35.2 Å². The predicted molar refractivity (Wildman–Crippen MR) is 63.6 cm³/mol. The molecule has 0 fully saturated rings. The molecule has 0 aromatic carbocycles. The maximum absolute atomic E-state index is 11.6. The number of Topliss-reactive ketones (excluding diaryl/α,β-unsaturated/α-hetero) is 1. The maximum Gasteiger partial charge on any atom is 0.349 e. The average molecular weight is 313 g/mol. The van der Waals surface area contributed by atoms with Gasteiger partial charge in [-0.1, -0.05) is 0 Å². The van der Waals surface area contributed by atoms with E-state index in [2.05, 4.69) is 8.58 Å². The maximum atomic E-state index is 11.6. The van der Waals surface area contributed by atoms with Crippen LogP contribution in [0.2, 0.25) is 0 Å². The molecule has 106 valence electrons. The minimum Gasteiger partial charge on any atom is -0.345 e. The highest BCUT2D eigenvalue weighted by molar-refractivity contribution is 6.22. The summed E-state index contributed by atoms with van der Waals surface area (Å²) in [4.78, 5) is 44.7. The molecule has 0 saturated carbocycles. The Morgan fingerprint density at radius 3 is 1.84 bits per heavy atom. The summed E-state index contributed by atoms with van der Waals surface area (Å²) >= 11 is 9.48. The van der Waals surface area contributed by atoms with E-state index < -0.39 is 35.6 Å². The second-order valence-electron chi connectivity index (χ2n) is 3.34. The third-order valence-electron chi connectivity index (χ3n) is 2.00. The van der Waals surface area contributed by atoms with Crippen molar-refractivity contribution in [2.45, 2.75) is 19.0 Å². The van der Waals surface area contributed by atoms with Crippen LogP contribution in [0.4, 0.5) is 0 Å². The summed E-state index contributed by atoms with van der Waals surface area (Å²) in [5.41, 5.74) is 10.2. The molecule has 4 N–H and O–H groups in total. The van der Waals surface area contributed by atoms with E-state index in [0.717, 1.165) is 6.08 Å². The molecule has 0 saturated heterocycles. The van der Waals surface area contributed by atoms with Gasteiger partial charge in [0.15, 0.2) is 23.7 Å². The molecule has 19 heavy (non-hydrogen) atoms. The smallest absolute Gasteiger partial charge is 0.345 e. The first-order valence-corrected chi connectivity index (χ1v) is 5.30. The summed E-state index contributed by atoms with van der Waals surface area (Å²) < 4.78 is 7.49. The first-order valence-electron chi connectivity index (χ1n) is 4.68. The van der Waals surface area contributed by atoms with Crippen molar-refractivity contribution in [1.29, 1.82) is 0 Å². The number of rotatable bonds is 6. The highest BCUT2D eigenvalue weighted by atomic mass is 35.5. The molecule has 0 heterocycles. The summed E-state index contributed by atoms with van der Waals surface area (Å²) in [7, 11) is 0. The third-order valence-corrected chi connectivity index (χ3v) is 2.30. The zero-order valence-electron chi connectivity index (χ0n) is 9.59. The molecular weight excluding hydrogens is 303 g/mol. The lowest BCUT2D eigenvalue weighted by molar-refractivity contribution is -0.140. The van der Waals surface area contributed by atoms with Crippen LogP contribution in [-0.4, -0.2) is 35.6 Å². The van der Waals surface area contributed by atoms with Crippen molar-refractivity contribution in [3.05, 3.63) is 11.6 Å². The largest absolute Gasteiger partial charge is 0.349 e. The first-order chi connectivity index (χ1) is 8.76. The molecule has 0 radical (unpaired) electrons. The molecule has 0 amide bonds. The Bertz CT molecular complexity index is 436. The molecule has 0 aliphatic carbocycles. The molecule has 0 aliphatic rings. The Hall–Kier alpha value is -1.48. The predicted octanol–water partition coefficient (Wildman–Crippen LogP) is -0.880. The van der Waals surface area contributed by atoms with Crippen LogP contribution < -0.4 is 11.5 Å². The van der Waals surface area contributed by atoms with Crippen LogP contribution in [0.1, 0.15) is 6.92 Å². The van der Waals surface area contributed by atoms with Gasteiger partial charge in [0, 0.05) is 0 Å². The highest BCUT2D eigenvalue weighted by Gasteiger charge is 2.27. The van der Waals surface area contributed by atoms with Crippen molar-refractivity contribution in [3.8, 4) is 0 Å². The lowest BCUT2D eigenvalue weighted by Crippen LogP contribution is -2.41. The van der Waals surface area contributed by atoms with Gasteiger partial charge in [0.25, 0.3) is 0 Å². The lowest BCUT2D eigenvalue weighted by Gasteiger charge is -2.08. The Morgan fingerprint density at radius 1 is 1.00 bits per heavy atom. The topological polar surface area (TPSA) is 139 Å². The van der Waals surface area contributed by atoms with Crippen molar-refractivity contribution in [1.82, 2.24) is 0 Å². The molecular formula is C9H10Cl2N2O6. The fraction of sp³-hybridized carbons (Fsp3) is 0.333. The fourth-order valence-electron chi connectivity index (χ4n) is 0.939. The second-order valence-corrected chi connectivity index (χ2v) is 3.65. The van der Waals surface area contributed by atoms with Crippen LogP contribution in [-0.2, 0) is 27.8 Å². The van der Waals surface area contributed by atoms with Gasteiger partial charge in [0.1, 0.15) is 23.7 Å². The van der Waals surface area contributed by atoms with Crippen LogP contribution in [0.25, 0.3) is 0 Å². The summed E-state index contributed by atoms with van der Waals surface area (Å²) in [6.45, 7) is 1.19. The van der Waals surface area contributed by atoms with Gasteiger partial charge in [-0.25, -0.2) is 9.59 Å². The van der Waals surface area contributed by atoms with Gasteiger partial charge in [0.2, 0.25) is 0 Å². The Morgan fingerprint density at radius 2 is 1.42 bits per heavy atom. The van der Waals surface area contributed by atoms with Crippen LogP contribution in [0.15, 0.2) is 11.6 Å². The molecule has 2 unspecified atom stereocenters. The van der Waals surface area contributed by atoms with E-state index in [1.807, 2.05) is 0 Å². The standard InChI is InChI=1S/C9H10Cl2N2O6/c1-3(7(15)6(13)9(17)19-11)2-4(14)5(12)8(16)18-10/h2,5-6H,12-13H2,1H3/b3-2-. The first kappa shape index (κ1) is 17.5. The molecule has 10 heteroatoms. The van der Waals surface area contributed by atoms with Gasteiger partial charge < -0.3 is 20.0 Å². The van der Waals surface area contributed by atoms with Crippen molar-refractivity contribution >= 4 is 47.2 Å². The van der Waals surface area contributed by atoms with E-state index in [0.29, 0.717) is 0 Å². The van der Waals surface area contributed by atoms with Crippen LogP contribution in [0.5, 0.6) is 0 Å². The van der Waals surface area contributed by atoms with Crippen molar-refractivity contribution in [3.63, 3.8) is 0 Å². The Balaban J connectivity index is 4.91. The van der Waals surface area contributed by atoms with Gasteiger partial charge >= 0.3 is 11.9 Å². The van der Waals surface area contributed by atoms with Crippen LogP contribution in [0, 0.1) is 0 Å². The van der Waals surface area contributed by atoms with Crippen molar-refractivity contribution in [2.24, 2.45) is 11.5 Å². The SMILES string of the molecule is C/C(=C/C(=O)C(N)C(=O)OCl)C(=O)C(N)C(=O)OCl.